The molecule has 0 aliphatic carbocycles. The van der Waals surface area contributed by atoms with E-state index in [2.05, 4.69) is 0 Å². The topological polar surface area (TPSA) is 57.9 Å². The number of aryl methyl sites for hydroxylation is 1. The Kier molecular flexibility index (Phi) is 5.30. The van der Waals surface area contributed by atoms with Crippen LogP contribution in [0.3, 0.4) is 0 Å². The number of halogens is 1. The van der Waals surface area contributed by atoms with Gasteiger partial charge in [0.15, 0.2) is 4.91 Å². The zero-order valence-electron chi connectivity index (χ0n) is 11.7. The van der Waals surface area contributed by atoms with Gasteiger partial charge in [-0.2, -0.15) is 5.26 Å². The highest BCUT2D eigenvalue weighted by Gasteiger charge is 2.20. The second-order valence-electron chi connectivity index (χ2n) is 4.48. The van der Waals surface area contributed by atoms with E-state index in [-0.39, 0.29) is 9.80 Å². The molecule has 0 fully saturated rings. The molecule has 0 amide bonds. The smallest absolute Gasteiger partial charge is 0.217 e. The first-order chi connectivity index (χ1) is 10.4. The van der Waals surface area contributed by atoms with Crippen LogP contribution < -0.4 is 0 Å². The van der Waals surface area contributed by atoms with E-state index < -0.39 is 9.84 Å². The van der Waals surface area contributed by atoms with Crippen LogP contribution in [0.5, 0.6) is 0 Å². The molecule has 3 nitrogen and oxygen atoms in total. The minimum atomic E-state index is -3.83. The Bertz CT molecular complexity index is 833. The SMILES string of the molecule is Cc1ccc(S/C=C(\C#N)S(=O)(=O)c2ccc(Cl)cc2)cc1. The molecular weight excluding hydrogens is 338 g/mol. The lowest BCUT2D eigenvalue weighted by molar-refractivity contribution is 0.603. The predicted octanol–water partition coefficient (Wildman–Crippen LogP) is 4.58. The Hall–Kier alpha value is -1.74. The summed E-state index contributed by atoms with van der Waals surface area (Å²) in [6.45, 7) is 1.97. The fourth-order valence-electron chi connectivity index (χ4n) is 1.63. The van der Waals surface area contributed by atoms with Crippen molar-refractivity contribution in [1.82, 2.24) is 0 Å². The molecule has 2 aromatic carbocycles. The molecule has 0 N–H and O–H groups in total. The molecule has 0 bridgehead atoms. The van der Waals surface area contributed by atoms with Crippen LogP contribution in [0, 0.1) is 18.3 Å². The molecule has 0 saturated heterocycles. The van der Waals surface area contributed by atoms with Crippen molar-refractivity contribution in [3.63, 3.8) is 0 Å². The minimum Gasteiger partial charge on any atom is -0.218 e. The number of rotatable bonds is 4. The zero-order chi connectivity index (χ0) is 16.2. The lowest BCUT2D eigenvalue weighted by Gasteiger charge is -2.03. The zero-order valence-corrected chi connectivity index (χ0v) is 14.0. The van der Waals surface area contributed by atoms with Crippen LogP contribution in [-0.2, 0) is 9.84 Å². The molecule has 0 spiro atoms. The third-order valence-electron chi connectivity index (χ3n) is 2.85. The Morgan fingerprint density at radius 3 is 2.27 bits per heavy atom. The summed E-state index contributed by atoms with van der Waals surface area (Å²) in [6, 6.07) is 15.1. The monoisotopic (exact) mass is 349 g/mol. The van der Waals surface area contributed by atoms with E-state index in [0.717, 1.165) is 10.5 Å². The van der Waals surface area contributed by atoms with E-state index in [1.807, 2.05) is 31.2 Å². The van der Waals surface area contributed by atoms with Crippen LogP contribution in [-0.4, -0.2) is 8.42 Å². The van der Waals surface area contributed by atoms with Gasteiger partial charge in [0.2, 0.25) is 9.84 Å². The number of nitriles is 1. The Morgan fingerprint density at radius 1 is 1.14 bits per heavy atom. The van der Waals surface area contributed by atoms with Gasteiger partial charge >= 0.3 is 0 Å². The van der Waals surface area contributed by atoms with Crippen molar-refractivity contribution in [1.29, 1.82) is 5.26 Å². The van der Waals surface area contributed by atoms with Gasteiger partial charge in [0.1, 0.15) is 6.07 Å². The maximum Gasteiger partial charge on any atom is 0.217 e. The molecule has 0 heterocycles. The van der Waals surface area contributed by atoms with Crippen LogP contribution in [0.1, 0.15) is 5.56 Å². The van der Waals surface area contributed by atoms with Crippen molar-refractivity contribution in [3.05, 3.63) is 69.4 Å². The van der Waals surface area contributed by atoms with Crippen LogP contribution in [0.15, 0.2) is 68.6 Å². The van der Waals surface area contributed by atoms with Crippen LogP contribution in [0.4, 0.5) is 0 Å². The molecule has 22 heavy (non-hydrogen) atoms. The van der Waals surface area contributed by atoms with Gasteiger partial charge in [-0.3, -0.25) is 0 Å². The molecule has 0 aliphatic heterocycles. The summed E-state index contributed by atoms with van der Waals surface area (Å²) in [5.74, 6) is 0. The first-order valence-corrected chi connectivity index (χ1v) is 9.02. The number of nitrogens with zero attached hydrogens (tertiary/aromatic N) is 1. The van der Waals surface area contributed by atoms with Crippen LogP contribution >= 0.6 is 23.4 Å². The first-order valence-electron chi connectivity index (χ1n) is 6.28. The number of thioether (sulfide) groups is 1. The van der Waals surface area contributed by atoms with E-state index in [1.165, 1.54) is 41.4 Å². The first kappa shape index (κ1) is 16.6. The predicted molar refractivity (Wildman–Crippen MR) is 89.4 cm³/mol. The molecule has 0 aromatic heterocycles. The van der Waals surface area contributed by atoms with Gasteiger partial charge in [-0.25, -0.2) is 8.42 Å². The number of benzene rings is 2. The van der Waals surface area contributed by atoms with Crippen molar-refractivity contribution in [3.8, 4) is 6.07 Å². The van der Waals surface area contributed by atoms with Gasteiger partial charge in [-0.1, -0.05) is 41.1 Å². The second-order valence-corrected chi connectivity index (χ2v) is 7.78. The molecule has 0 unspecified atom stereocenters. The highest BCUT2D eigenvalue weighted by Crippen LogP contribution is 2.26. The standard InChI is InChI=1S/C16H12ClNO2S2/c1-12-2-6-14(7-3-12)21-11-16(10-18)22(19,20)15-8-4-13(17)5-9-15/h2-9,11H,1H3/b16-11+. The number of hydrogen-bond donors (Lipinski definition) is 0. The van der Waals surface area contributed by atoms with Crippen molar-refractivity contribution in [2.75, 3.05) is 0 Å². The number of allylic oxidation sites excluding steroid dienone is 1. The van der Waals surface area contributed by atoms with Crippen molar-refractivity contribution in [2.24, 2.45) is 0 Å². The Labute approximate surface area is 139 Å². The third kappa shape index (κ3) is 3.92. The molecule has 2 aromatic rings. The molecule has 0 radical (unpaired) electrons. The fourth-order valence-corrected chi connectivity index (χ4v) is 3.86. The summed E-state index contributed by atoms with van der Waals surface area (Å²) >= 11 is 6.95. The molecular formula is C16H12ClNO2S2. The fraction of sp³-hybridized carbons (Fsp3) is 0.0625. The highest BCUT2D eigenvalue weighted by atomic mass is 35.5. The summed E-state index contributed by atoms with van der Waals surface area (Å²) in [7, 11) is -3.83. The minimum absolute atomic E-state index is 0.0502. The van der Waals surface area contributed by atoms with Crippen molar-refractivity contribution < 1.29 is 8.42 Å². The molecule has 0 aliphatic rings. The summed E-state index contributed by atoms with van der Waals surface area (Å²) in [4.78, 5) is 0.624. The van der Waals surface area contributed by atoms with Crippen molar-refractivity contribution >= 4 is 33.2 Å². The van der Waals surface area contributed by atoms with Gasteiger partial charge in [0.05, 0.1) is 4.90 Å². The van der Waals surface area contributed by atoms with Gasteiger partial charge in [-0.15, -0.1) is 0 Å². The number of hydrogen-bond acceptors (Lipinski definition) is 4. The Balaban J connectivity index is 2.30. The lowest BCUT2D eigenvalue weighted by atomic mass is 10.2. The van der Waals surface area contributed by atoms with Gasteiger partial charge in [0, 0.05) is 15.3 Å². The van der Waals surface area contributed by atoms with Gasteiger partial charge in [0.25, 0.3) is 0 Å². The average Bonchev–Trinajstić information content (AvgIpc) is 2.50. The van der Waals surface area contributed by atoms with E-state index in [4.69, 9.17) is 16.9 Å². The van der Waals surface area contributed by atoms with Gasteiger partial charge < -0.3 is 0 Å². The average molecular weight is 350 g/mol. The third-order valence-corrected chi connectivity index (χ3v) is 5.83. The maximum absolute atomic E-state index is 12.4. The molecule has 6 heteroatoms. The normalized spacial score (nSPS) is 12.0. The van der Waals surface area contributed by atoms with Crippen LogP contribution in [0.2, 0.25) is 5.02 Å². The van der Waals surface area contributed by atoms with E-state index in [9.17, 15) is 8.42 Å². The van der Waals surface area contributed by atoms with Gasteiger partial charge in [-0.05, 0) is 43.3 Å². The Morgan fingerprint density at radius 2 is 1.73 bits per heavy atom. The van der Waals surface area contributed by atoms with Crippen molar-refractivity contribution in [2.45, 2.75) is 16.7 Å². The summed E-state index contributed by atoms with van der Waals surface area (Å²) in [6.07, 6.45) is 0. The summed E-state index contributed by atoms with van der Waals surface area (Å²) < 4.78 is 24.8. The molecule has 112 valence electrons. The highest BCUT2D eigenvalue weighted by molar-refractivity contribution is 8.03. The lowest BCUT2D eigenvalue weighted by Crippen LogP contribution is -2.03. The number of sulfone groups is 1. The van der Waals surface area contributed by atoms with E-state index in [0.29, 0.717) is 5.02 Å². The summed E-state index contributed by atoms with van der Waals surface area (Å²) in [5, 5.41) is 11.0. The van der Waals surface area contributed by atoms with E-state index in [1.54, 1.807) is 6.07 Å². The maximum atomic E-state index is 12.4. The molecule has 2 rings (SSSR count). The molecule has 0 atom stereocenters. The van der Waals surface area contributed by atoms with Crippen LogP contribution in [0.25, 0.3) is 0 Å². The second kappa shape index (κ2) is 7.01. The van der Waals surface area contributed by atoms with E-state index >= 15 is 0 Å². The largest absolute Gasteiger partial charge is 0.218 e. The quantitative estimate of drug-likeness (QED) is 0.598. The summed E-state index contributed by atoms with van der Waals surface area (Å²) in [5.41, 5.74) is 1.11. The molecule has 0 saturated carbocycles.